The predicted octanol–water partition coefficient (Wildman–Crippen LogP) is 2.58. The van der Waals surface area contributed by atoms with Crippen molar-refractivity contribution in [2.24, 2.45) is 0 Å². The summed E-state index contributed by atoms with van der Waals surface area (Å²) in [7, 11) is 0. The van der Waals surface area contributed by atoms with Gasteiger partial charge in [-0.2, -0.15) is 0 Å². The summed E-state index contributed by atoms with van der Waals surface area (Å²) in [6, 6.07) is 16.8. The van der Waals surface area contributed by atoms with Crippen LogP contribution >= 0.6 is 0 Å². The van der Waals surface area contributed by atoms with Crippen molar-refractivity contribution < 1.29 is 9.90 Å². The third-order valence-corrected chi connectivity index (χ3v) is 2.19. The highest BCUT2D eigenvalue weighted by molar-refractivity contribution is 5.87. The van der Waals surface area contributed by atoms with Crippen molar-refractivity contribution >= 4 is 5.97 Å². The van der Waals surface area contributed by atoms with E-state index in [0.29, 0.717) is 0 Å². The van der Waals surface area contributed by atoms with Crippen LogP contribution in [-0.4, -0.2) is 11.1 Å². The molecule has 2 heteroatoms. The van der Waals surface area contributed by atoms with Gasteiger partial charge in [-0.1, -0.05) is 24.0 Å². The standard InChI is InChI=1S/C15H9O2/c16-15(17)14-10-8-13(9-11-14)7-6-12-4-2-1-3-5-12/h1-2,4-5,8-11H,(H,16,17). The van der Waals surface area contributed by atoms with Gasteiger partial charge in [0.2, 0.25) is 0 Å². The summed E-state index contributed by atoms with van der Waals surface area (Å²) in [5.41, 5.74) is 1.94. The van der Waals surface area contributed by atoms with E-state index in [4.69, 9.17) is 5.11 Å². The summed E-state index contributed by atoms with van der Waals surface area (Å²) in [5, 5.41) is 8.74. The Kier molecular flexibility index (Phi) is 3.23. The van der Waals surface area contributed by atoms with Crippen LogP contribution < -0.4 is 0 Å². The third-order valence-electron chi connectivity index (χ3n) is 2.19. The lowest BCUT2D eigenvalue weighted by Gasteiger charge is -1.93. The molecule has 0 aliphatic heterocycles. The number of hydrogen-bond acceptors (Lipinski definition) is 1. The average Bonchev–Trinajstić information content (AvgIpc) is 2.38. The van der Waals surface area contributed by atoms with E-state index in [-0.39, 0.29) is 5.56 Å². The molecule has 0 unspecified atom stereocenters. The van der Waals surface area contributed by atoms with Crippen LogP contribution in [-0.2, 0) is 0 Å². The molecule has 1 N–H and O–H groups in total. The number of aromatic carboxylic acids is 1. The molecule has 0 heterocycles. The van der Waals surface area contributed by atoms with Crippen LogP contribution in [0.5, 0.6) is 0 Å². The molecule has 0 fully saturated rings. The summed E-state index contributed by atoms with van der Waals surface area (Å²) in [4.78, 5) is 10.7. The van der Waals surface area contributed by atoms with Crippen LogP contribution in [0.15, 0.2) is 48.5 Å². The first-order valence-corrected chi connectivity index (χ1v) is 5.07. The highest BCUT2D eigenvalue weighted by Gasteiger charge is 1.99. The first-order chi connectivity index (χ1) is 8.25. The first-order valence-electron chi connectivity index (χ1n) is 5.07. The van der Waals surface area contributed by atoms with Gasteiger partial charge >= 0.3 is 5.97 Å². The molecule has 0 saturated heterocycles. The average molecular weight is 221 g/mol. The van der Waals surface area contributed by atoms with Crippen molar-refractivity contribution in [2.45, 2.75) is 0 Å². The van der Waals surface area contributed by atoms with E-state index in [9.17, 15) is 4.79 Å². The number of rotatable bonds is 1. The molecule has 1 radical (unpaired) electrons. The van der Waals surface area contributed by atoms with E-state index in [1.807, 2.05) is 18.2 Å². The molecule has 0 aromatic heterocycles. The van der Waals surface area contributed by atoms with Gasteiger partial charge in [0.05, 0.1) is 5.56 Å². The van der Waals surface area contributed by atoms with Crippen LogP contribution in [0.1, 0.15) is 21.5 Å². The van der Waals surface area contributed by atoms with E-state index in [1.165, 1.54) is 0 Å². The molecule has 2 aromatic rings. The van der Waals surface area contributed by atoms with Gasteiger partial charge < -0.3 is 5.11 Å². The van der Waals surface area contributed by atoms with Gasteiger partial charge in [0.15, 0.2) is 0 Å². The second kappa shape index (κ2) is 5.00. The Bertz CT molecular complexity index is 572. The Hall–Kier alpha value is -2.53. The fraction of sp³-hybridized carbons (Fsp3) is 0. The van der Waals surface area contributed by atoms with Crippen LogP contribution in [0.25, 0.3) is 0 Å². The third kappa shape index (κ3) is 2.96. The fourth-order valence-corrected chi connectivity index (χ4v) is 1.31. The minimum Gasteiger partial charge on any atom is -0.478 e. The molecule has 0 amide bonds. The number of hydrogen-bond donors (Lipinski definition) is 1. The lowest BCUT2D eigenvalue weighted by molar-refractivity contribution is 0.0697. The molecule has 0 saturated carbocycles. The Morgan fingerprint density at radius 3 is 2.35 bits per heavy atom. The number of carbonyl (C=O) groups is 1. The Labute approximate surface area is 99.5 Å². The first kappa shape index (κ1) is 11.0. The summed E-state index contributed by atoms with van der Waals surface area (Å²) >= 11 is 0. The van der Waals surface area contributed by atoms with Crippen molar-refractivity contribution in [3.05, 3.63) is 71.3 Å². The van der Waals surface area contributed by atoms with Crippen molar-refractivity contribution in [1.29, 1.82) is 0 Å². The van der Waals surface area contributed by atoms with E-state index in [2.05, 4.69) is 17.9 Å². The van der Waals surface area contributed by atoms with Gasteiger partial charge in [0, 0.05) is 11.1 Å². The summed E-state index contributed by atoms with van der Waals surface area (Å²) in [6.45, 7) is 0. The molecule has 0 bridgehead atoms. The SMILES string of the molecule is O=C(O)c1ccc(C#Cc2c[c]ccc2)cc1. The second-order valence-corrected chi connectivity index (χ2v) is 3.42. The second-order valence-electron chi connectivity index (χ2n) is 3.42. The molecule has 2 aromatic carbocycles. The number of carboxylic acid groups (broad SMARTS) is 1. The largest absolute Gasteiger partial charge is 0.478 e. The molecular formula is C15H9O2. The monoisotopic (exact) mass is 221 g/mol. The maximum atomic E-state index is 10.7. The molecule has 0 aliphatic rings. The van der Waals surface area contributed by atoms with Crippen LogP contribution in [0.3, 0.4) is 0 Å². The highest BCUT2D eigenvalue weighted by Crippen LogP contribution is 2.03. The molecule has 81 valence electrons. The van der Waals surface area contributed by atoms with E-state index < -0.39 is 5.97 Å². The normalized spacial score (nSPS) is 9.18. The van der Waals surface area contributed by atoms with Gasteiger partial charge in [-0.15, -0.1) is 0 Å². The van der Waals surface area contributed by atoms with Gasteiger partial charge in [-0.25, -0.2) is 4.79 Å². The summed E-state index contributed by atoms with van der Waals surface area (Å²) < 4.78 is 0. The minimum absolute atomic E-state index is 0.267. The van der Waals surface area contributed by atoms with E-state index in [0.717, 1.165) is 11.1 Å². The summed E-state index contributed by atoms with van der Waals surface area (Å²) in [5.74, 6) is 5.02. The zero-order valence-corrected chi connectivity index (χ0v) is 8.97. The van der Waals surface area contributed by atoms with Gasteiger partial charge in [0.1, 0.15) is 0 Å². The fourth-order valence-electron chi connectivity index (χ4n) is 1.31. The molecule has 2 rings (SSSR count). The van der Waals surface area contributed by atoms with Crippen molar-refractivity contribution in [3.63, 3.8) is 0 Å². The maximum absolute atomic E-state index is 10.7. The zero-order chi connectivity index (χ0) is 12.1. The van der Waals surface area contributed by atoms with E-state index in [1.54, 1.807) is 30.3 Å². The van der Waals surface area contributed by atoms with Gasteiger partial charge in [-0.05, 0) is 42.5 Å². The van der Waals surface area contributed by atoms with Crippen molar-refractivity contribution in [3.8, 4) is 11.8 Å². The van der Waals surface area contributed by atoms with Gasteiger partial charge in [-0.3, -0.25) is 0 Å². The number of carboxylic acids is 1. The summed E-state index contributed by atoms with van der Waals surface area (Å²) in [6.07, 6.45) is 0. The molecule has 0 aliphatic carbocycles. The van der Waals surface area contributed by atoms with Crippen molar-refractivity contribution in [2.75, 3.05) is 0 Å². The smallest absolute Gasteiger partial charge is 0.335 e. The lowest BCUT2D eigenvalue weighted by atomic mass is 10.1. The van der Waals surface area contributed by atoms with Crippen LogP contribution in [0.4, 0.5) is 0 Å². The van der Waals surface area contributed by atoms with E-state index >= 15 is 0 Å². The Morgan fingerprint density at radius 2 is 1.76 bits per heavy atom. The lowest BCUT2D eigenvalue weighted by Crippen LogP contribution is -1.94. The van der Waals surface area contributed by atoms with Gasteiger partial charge in [0.25, 0.3) is 0 Å². The molecular weight excluding hydrogens is 212 g/mol. The predicted molar refractivity (Wildman–Crippen MR) is 64.7 cm³/mol. The Morgan fingerprint density at radius 1 is 1.06 bits per heavy atom. The molecule has 17 heavy (non-hydrogen) atoms. The highest BCUT2D eigenvalue weighted by atomic mass is 16.4. The van der Waals surface area contributed by atoms with Crippen molar-refractivity contribution in [1.82, 2.24) is 0 Å². The molecule has 0 spiro atoms. The topological polar surface area (TPSA) is 37.3 Å². The molecule has 2 nitrogen and oxygen atoms in total. The number of benzene rings is 2. The maximum Gasteiger partial charge on any atom is 0.335 e. The van der Waals surface area contributed by atoms with Crippen LogP contribution in [0.2, 0.25) is 0 Å². The quantitative estimate of drug-likeness (QED) is 0.751. The molecule has 0 atom stereocenters. The minimum atomic E-state index is -0.929. The Balaban J connectivity index is 2.20. The van der Waals surface area contributed by atoms with Crippen LogP contribution in [0, 0.1) is 17.9 Å². The zero-order valence-electron chi connectivity index (χ0n) is 8.97.